The van der Waals surface area contributed by atoms with Gasteiger partial charge < -0.3 is 10.6 Å². The molecule has 24 heavy (non-hydrogen) atoms. The molecule has 0 saturated carbocycles. The van der Waals surface area contributed by atoms with E-state index in [0.29, 0.717) is 5.69 Å². The van der Waals surface area contributed by atoms with Gasteiger partial charge in [-0.2, -0.15) is 13.2 Å². The number of alkyl halides is 3. The van der Waals surface area contributed by atoms with Crippen molar-refractivity contribution in [3.8, 4) is 0 Å². The maximum Gasteiger partial charge on any atom is 0.418 e. The average molecular weight is 337 g/mol. The lowest BCUT2D eigenvalue weighted by Gasteiger charge is -2.18. The normalized spacial score (nSPS) is 11.9. The standard InChI is InChI=1S/C17H18F3N3O/c1-16(2,3)15(24)22-11-8-9-14(21-10-11)23-13-7-5-4-6-12(13)17(18,19)20/h4-10H,1-3H3,(H,21,23)(H,22,24). The van der Waals surface area contributed by atoms with Crippen LogP contribution in [0, 0.1) is 5.41 Å². The molecule has 0 saturated heterocycles. The second kappa shape index (κ2) is 6.51. The number of nitrogens with zero attached hydrogens (tertiary/aromatic N) is 1. The minimum atomic E-state index is -4.45. The second-order valence-corrected chi connectivity index (χ2v) is 6.30. The number of carbonyl (C=O) groups excluding carboxylic acids is 1. The van der Waals surface area contributed by atoms with Crippen LogP contribution in [0.1, 0.15) is 26.3 Å². The number of anilines is 3. The Morgan fingerprint density at radius 2 is 1.71 bits per heavy atom. The van der Waals surface area contributed by atoms with Gasteiger partial charge in [-0.05, 0) is 24.3 Å². The van der Waals surface area contributed by atoms with Crippen LogP contribution in [-0.4, -0.2) is 10.9 Å². The van der Waals surface area contributed by atoms with E-state index in [2.05, 4.69) is 15.6 Å². The van der Waals surface area contributed by atoms with Crippen molar-refractivity contribution in [2.45, 2.75) is 26.9 Å². The van der Waals surface area contributed by atoms with Gasteiger partial charge in [0.05, 0.1) is 23.1 Å². The molecule has 1 amide bonds. The van der Waals surface area contributed by atoms with Gasteiger partial charge in [-0.15, -0.1) is 0 Å². The van der Waals surface area contributed by atoms with Gasteiger partial charge in [-0.25, -0.2) is 4.98 Å². The average Bonchev–Trinajstić information content (AvgIpc) is 2.48. The Kier molecular flexibility index (Phi) is 4.82. The van der Waals surface area contributed by atoms with E-state index < -0.39 is 17.2 Å². The maximum atomic E-state index is 13.0. The fourth-order valence-corrected chi connectivity index (χ4v) is 1.84. The van der Waals surface area contributed by atoms with Gasteiger partial charge in [0.1, 0.15) is 5.82 Å². The fraction of sp³-hybridized carbons (Fsp3) is 0.294. The quantitative estimate of drug-likeness (QED) is 0.843. The van der Waals surface area contributed by atoms with Gasteiger partial charge in [-0.3, -0.25) is 4.79 Å². The molecule has 0 aliphatic carbocycles. The molecule has 2 aromatic rings. The van der Waals surface area contributed by atoms with Gasteiger partial charge in [0.15, 0.2) is 0 Å². The summed E-state index contributed by atoms with van der Waals surface area (Å²) < 4.78 is 38.9. The Bertz CT molecular complexity index is 719. The molecule has 0 bridgehead atoms. The van der Waals surface area contributed by atoms with E-state index in [1.807, 2.05) is 0 Å². The Hall–Kier alpha value is -2.57. The molecule has 0 aliphatic heterocycles. The van der Waals surface area contributed by atoms with Crippen LogP contribution in [0.15, 0.2) is 42.6 Å². The maximum absolute atomic E-state index is 13.0. The van der Waals surface area contributed by atoms with Crippen LogP contribution in [0.5, 0.6) is 0 Å². The molecule has 2 rings (SSSR count). The molecule has 2 N–H and O–H groups in total. The summed E-state index contributed by atoms with van der Waals surface area (Å²) in [5, 5.41) is 5.35. The number of nitrogens with one attached hydrogen (secondary N) is 2. The molecular formula is C17H18F3N3O. The number of hydrogen-bond donors (Lipinski definition) is 2. The third-order valence-electron chi connectivity index (χ3n) is 3.20. The van der Waals surface area contributed by atoms with E-state index >= 15 is 0 Å². The largest absolute Gasteiger partial charge is 0.418 e. The zero-order valence-electron chi connectivity index (χ0n) is 13.5. The van der Waals surface area contributed by atoms with Crippen LogP contribution >= 0.6 is 0 Å². The Morgan fingerprint density at radius 1 is 1.04 bits per heavy atom. The lowest BCUT2D eigenvalue weighted by Crippen LogP contribution is -2.27. The van der Waals surface area contributed by atoms with Crippen molar-refractivity contribution in [3.05, 3.63) is 48.2 Å². The van der Waals surface area contributed by atoms with Gasteiger partial charge in [-0.1, -0.05) is 32.9 Å². The molecule has 4 nitrogen and oxygen atoms in total. The SMILES string of the molecule is CC(C)(C)C(=O)Nc1ccc(Nc2ccccc2C(F)(F)F)nc1. The lowest BCUT2D eigenvalue weighted by atomic mass is 9.96. The zero-order valence-corrected chi connectivity index (χ0v) is 13.5. The van der Waals surface area contributed by atoms with Crippen molar-refractivity contribution in [1.82, 2.24) is 4.98 Å². The Balaban J connectivity index is 2.15. The summed E-state index contributed by atoms with van der Waals surface area (Å²) >= 11 is 0. The first-order valence-electron chi connectivity index (χ1n) is 7.28. The molecular weight excluding hydrogens is 319 g/mol. The van der Waals surface area contributed by atoms with Gasteiger partial charge >= 0.3 is 6.18 Å². The highest BCUT2D eigenvalue weighted by molar-refractivity contribution is 5.94. The van der Waals surface area contributed by atoms with Crippen molar-refractivity contribution in [2.75, 3.05) is 10.6 Å². The molecule has 0 aliphatic rings. The Morgan fingerprint density at radius 3 is 2.25 bits per heavy atom. The minimum Gasteiger partial charge on any atom is -0.340 e. The van der Waals surface area contributed by atoms with E-state index in [1.54, 1.807) is 26.8 Å². The number of amides is 1. The molecule has 0 spiro atoms. The smallest absolute Gasteiger partial charge is 0.340 e. The third-order valence-corrected chi connectivity index (χ3v) is 3.20. The van der Waals surface area contributed by atoms with Crippen molar-refractivity contribution >= 4 is 23.1 Å². The van der Waals surface area contributed by atoms with Crippen LogP contribution < -0.4 is 10.6 Å². The predicted molar refractivity (Wildman–Crippen MR) is 87.0 cm³/mol. The van der Waals surface area contributed by atoms with Crippen molar-refractivity contribution in [3.63, 3.8) is 0 Å². The van der Waals surface area contributed by atoms with Crippen LogP contribution in [0.4, 0.5) is 30.4 Å². The molecule has 0 atom stereocenters. The molecule has 1 heterocycles. The van der Waals surface area contributed by atoms with Crippen LogP contribution in [0.3, 0.4) is 0 Å². The highest BCUT2D eigenvalue weighted by atomic mass is 19.4. The van der Waals surface area contributed by atoms with E-state index in [1.165, 1.54) is 30.5 Å². The summed E-state index contributed by atoms with van der Waals surface area (Å²) in [6.45, 7) is 5.33. The van der Waals surface area contributed by atoms with E-state index in [9.17, 15) is 18.0 Å². The first kappa shape index (κ1) is 17.8. The van der Waals surface area contributed by atoms with Gasteiger partial charge in [0.25, 0.3) is 0 Å². The number of hydrogen-bond acceptors (Lipinski definition) is 3. The fourth-order valence-electron chi connectivity index (χ4n) is 1.84. The summed E-state index contributed by atoms with van der Waals surface area (Å²) in [4.78, 5) is 15.9. The molecule has 0 fully saturated rings. The highest BCUT2D eigenvalue weighted by Gasteiger charge is 2.33. The van der Waals surface area contributed by atoms with E-state index in [4.69, 9.17) is 0 Å². The monoisotopic (exact) mass is 337 g/mol. The highest BCUT2D eigenvalue weighted by Crippen LogP contribution is 2.35. The van der Waals surface area contributed by atoms with Crippen molar-refractivity contribution in [2.24, 2.45) is 5.41 Å². The Labute approximate surface area is 138 Å². The number of benzene rings is 1. The molecule has 128 valence electrons. The van der Waals surface area contributed by atoms with Crippen LogP contribution in [-0.2, 0) is 11.0 Å². The second-order valence-electron chi connectivity index (χ2n) is 6.30. The molecule has 7 heteroatoms. The minimum absolute atomic E-state index is 0.0797. The number of carbonyl (C=O) groups is 1. The van der Waals surface area contributed by atoms with E-state index in [0.717, 1.165) is 6.07 Å². The number of pyridine rings is 1. The van der Waals surface area contributed by atoms with Gasteiger partial charge in [0, 0.05) is 5.41 Å². The first-order valence-corrected chi connectivity index (χ1v) is 7.28. The zero-order chi connectivity index (χ0) is 18.0. The molecule has 1 aromatic heterocycles. The van der Waals surface area contributed by atoms with Crippen LogP contribution in [0.2, 0.25) is 0 Å². The van der Waals surface area contributed by atoms with Crippen LogP contribution in [0.25, 0.3) is 0 Å². The number of para-hydroxylation sites is 1. The van der Waals surface area contributed by atoms with E-state index in [-0.39, 0.29) is 17.4 Å². The van der Waals surface area contributed by atoms with Gasteiger partial charge in [0.2, 0.25) is 5.91 Å². The summed E-state index contributed by atoms with van der Waals surface area (Å²) in [5.74, 6) is 0.0767. The number of rotatable bonds is 3. The number of aromatic nitrogens is 1. The predicted octanol–water partition coefficient (Wildman–Crippen LogP) is 4.83. The molecule has 1 aromatic carbocycles. The third kappa shape index (κ3) is 4.47. The lowest BCUT2D eigenvalue weighted by molar-refractivity contribution is -0.137. The summed E-state index contributed by atoms with van der Waals surface area (Å²) in [6.07, 6.45) is -3.06. The van der Waals surface area contributed by atoms with Crippen molar-refractivity contribution < 1.29 is 18.0 Å². The first-order chi connectivity index (χ1) is 11.1. The molecule has 0 unspecified atom stereocenters. The summed E-state index contributed by atoms with van der Waals surface area (Å²) in [7, 11) is 0. The van der Waals surface area contributed by atoms with Crippen molar-refractivity contribution in [1.29, 1.82) is 0 Å². The summed E-state index contributed by atoms with van der Waals surface area (Å²) in [5.41, 5.74) is -0.923. The molecule has 0 radical (unpaired) electrons. The summed E-state index contributed by atoms with van der Waals surface area (Å²) in [6, 6.07) is 8.25. The topological polar surface area (TPSA) is 54.0 Å². The number of halogens is 3.